The van der Waals surface area contributed by atoms with E-state index in [0.29, 0.717) is 24.3 Å². The Morgan fingerprint density at radius 2 is 2.15 bits per heavy atom. The lowest BCUT2D eigenvalue weighted by Gasteiger charge is -2.24. The van der Waals surface area contributed by atoms with Crippen molar-refractivity contribution in [1.82, 2.24) is 14.9 Å². The first kappa shape index (κ1) is 14.7. The van der Waals surface area contributed by atoms with Crippen molar-refractivity contribution < 1.29 is 5.11 Å². The number of hydrogen-bond donors (Lipinski definition) is 2. The van der Waals surface area contributed by atoms with Crippen molar-refractivity contribution in [1.29, 1.82) is 0 Å². The van der Waals surface area contributed by atoms with Gasteiger partial charge in [-0.1, -0.05) is 12.1 Å². The van der Waals surface area contributed by atoms with Crippen LogP contribution in [-0.2, 0) is 6.54 Å². The number of aliphatic hydroxyl groups excluding tert-OH is 1. The first-order chi connectivity index (χ1) is 9.52. The molecule has 0 spiro atoms. The van der Waals surface area contributed by atoms with Crippen LogP contribution in [0.15, 0.2) is 23.0 Å². The molecule has 2 N–H and O–H groups in total. The van der Waals surface area contributed by atoms with Crippen LogP contribution in [0.1, 0.15) is 25.2 Å². The van der Waals surface area contributed by atoms with Gasteiger partial charge < -0.3 is 10.1 Å². The first-order valence-corrected chi connectivity index (χ1v) is 6.86. The summed E-state index contributed by atoms with van der Waals surface area (Å²) < 4.78 is 0. The molecule has 1 heterocycles. The zero-order valence-electron chi connectivity index (χ0n) is 12.2. The zero-order valence-corrected chi connectivity index (χ0v) is 12.2. The molecule has 0 atom stereocenters. The smallest absolute Gasteiger partial charge is 0.258 e. The van der Waals surface area contributed by atoms with E-state index < -0.39 is 0 Å². The molecule has 0 fully saturated rings. The van der Waals surface area contributed by atoms with Crippen molar-refractivity contribution in [2.24, 2.45) is 0 Å². The highest BCUT2D eigenvalue weighted by Gasteiger charge is 2.12. The van der Waals surface area contributed by atoms with E-state index in [1.165, 1.54) is 0 Å². The number of para-hydroxylation sites is 1. The lowest BCUT2D eigenvalue weighted by molar-refractivity contribution is 0.156. The quantitative estimate of drug-likeness (QED) is 0.866. The van der Waals surface area contributed by atoms with Crippen molar-refractivity contribution in [3.8, 4) is 0 Å². The van der Waals surface area contributed by atoms with Crippen LogP contribution in [-0.4, -0.2) is 39.2 Å². The van der Waals surface area contributed by atoms with Gasteiger partial charge in [0.05, 0.1) is 24.1 Å². The second-order valence-electron chi connectivity index (χ2n) is 5.27. The number of nitrogens with zero attached hydrogens (tertiary/aromatic N) is 2. The molecular formula is C15H21N3O2. The van der Waals surface area contributed by atoms with Crippen LogP contribution in [0.3, 0.4) is 0 Å². The number of nitrogens with one attached hydrogen (secondary N) is 1. The average molecular weight is 275 g/mol. The van der Waals surface area contributed by atoms with E-state index in [1.807, 2.05) is 19.1 Å². The minimum atomic E-state index is -0.110. The van der Waals surface area contributed by atoms with Crippen molar-refractivity contribution in [2.75, 3.05) is 13.2 Å². The predicted octanol–water partition coefficient (Wildman–Crippen LogP) is 1.43. The maximum atomic E-state index is 12.1. The zero-order chi connectivity index (χ0) is 14.7. The van der Waals surface area contributed by atoms with Crippen LogP contribution in [0.2, 0.25) is 0 Å². The van der Waals surface area contributed by atoms with Gasteiger partial charge in [-0.15, -0.1) is 0 Å². The lowest BCUT2D eigenvalue weighted by atomic mass is 10.1. The molecule has 2 aromatic rings. The molecular weight excluding hydrogens is 254 g/mol. The van der Waals surface area contributed by atoms with Gasteiger partial charge in [0.1, 0.15) is 5.82 Å². The summed E-state index contributed by atoms with van der Waals surface area (Å²) in [5.74, 6) is 0.638. The number of fused-ring (bicyclic) bond motifs is 1. The molecule has 0 saturated heterocycles. The Morgan fingerprint density at radius 1 is 1.40 bits per heavy atom. The third-order valence-electron chi connectivity index (χ3n) is 3.46. The van der Waals surface area contributed by atoms with Crippen LogP contribution in [0, 0.1) is 6.92 Å². The fraction of sp³-hybridized carbons (Fsp3) is 0.467. The molecule has 0 saturated carbocycles. The maximum absolute atomic E-state index is 12.1. The second kappa shape index (κ2) is 6.15. The lowest BCUT2D eigenvalue weighted by Crippen LogP contribution is -2.34. The van der Waals surface area contributed by atoms with Gasteiger partial charge in [-0.3, -0.25) is 9.69 Å². The Balaban J connectivity index is 2.40. The molecule has 108 valence electrons. The highest BCUT2D eigenvalue weighted by atomic mass is 16.3. The molecule has 2 rings (SSSR count). The molecule has 5 nitrogen and oxygen atoms in total. The van der Waals surface area contributed by atoms with Gasteiger partial charge in [-0.25, -0.2) is 4.98 Å². The molecule has 1 aromatic carbocycles. The van der Waals surface area contributed by atoms with Crippen LogP contribution in [0.5, 0.6) is 0 Å². The summed E-state index contributed by atoms with van der Waals surface area (Å²) in [5, 5.41) is 9.72. The van der Waals surface area contributed by atoms with Gasteiger partial charge in [0, 0.05) is 12.6 Å². The highest BCUT2D eigenvalue weighted by molar-refractivity contribution is 5.80. The number of aromatic amines is 1. The van der Waals surface area contributed by atoms with Crippen molar-refractivity contribution >= 4 is 10.9 Å². The standard InChI is InChI=1S/C15H21N3O2/c1-10(2)18(7-8-19)9-13-16-14-11(3)5-4-6-12(14)15(20)17-13/h4-6,10,19H,7-9H2,1-3H3,(H,16,17,20). The Labute approximate surface area is 118 Å². The summed E-state index contributed by atoms with van der Waals surface area (Å²) in [6.07, 6.45) is 0. The molecule has 0 unspecified atom stereocenters. The van der Waals surface area contributed by atoms with Gasteiger partial charge in [0.15, 0.2) is 0 Å². The van der Waals surface area contributed by atoms with Gasteiger partial charge in [-0.05, 0) is 32.4 Å². The first-order valence-electron chi connectivity index (χ1n) is 6.86. The topological polar surface area (TPSA) is 69.2 Å². The Bertz CT molecular complexity index is 649. The van der Waals surface area contributed by atoms with E-state index >= 15 is 0 Å². The molecule has 0 aliphatic rings. The summed E-state index contributed by atoms with van der Waals surface area (Å²) in [4.78, 5) is 21.6. The Hall–Kier alpha value is -1.72. The molecule has 0 aliphatic heterocycles. The van der Waals surface area contributed by atoms with E-state index in [-0.39, 0.29) is 18.2 Å². The number of aromatic nitrogens is 2. The van der Waals surface area contributed by atoms with Crippen LogP contribution < -0.4 is 5.56 Å². The monoisotopic (exact) mass is 275 g/mol. The van der Waals surface area contributed by atoms with Crippen LogP contribution in [0.4, 0.5) is 0 Å². The summed E-state index contributed by atoms with van der Waals surface area (Å²) >= 11 is 0. The third kappa shape index (κ3) is 3.05. The summed E-state index contributed by atoms with van der Waals surface area (Å²) in [5.41, 5.74) is 1.63. The fourth-order valence-corrected chi connectivity index (χ4v) is 2.27. The number of hydrogen-bond acceptors (Lipinski definition) is 4. The molecule has 5 heteroatoms. The fourth-order valence-electron chi connectivity index (χ4n) is 2.27. The number of benzene rings is 1. The molecule has 0 bridgehead atoms. The SMILES string of the molecule is Cc1cccc2c(=O)[nH]c(CN(CCO)C(C)C)nc12. The largest absolute Gasteiger partial charge is 0.395 e. The number of H-pyrrole nitrogens is 1. The molecule has 0 aliphatic carbocycles. The van der Waals surface area contributed by atoms with Gasteiger partial charge in [-0.2, -0.15) is 0 Å². The number of aliphatic hydroxyl groups is 1. The Morgan fingerprint density at radius 3 is 2.80 bits per heavy atom. The van der Waals surface area contributed by atoms with Crippen LogP contribution in [0.25, 0.3) is 10.9 Å². The van der Waals surface area contributed by atoms with Gasteiger partial charge >= 0.3 is 0 Å². The van der Waals surface area contributed by atoms with E-state index in [4.69, 9.17) is 5.11 Å². The van der Waals surface area contributed by atoms with Crippen LogP contribution >= 0.6 is 0 Å². The van der Waals surface area contributed by atoms with E-state index in [0.717, 1.165) is 11.1 Å². The van der Waals surface area contributed by atoms with Crippen molar-refractivity contribution in [3.05, 3.63) is 39.9 Å². The van der Waals surface area contributed by atoms with E-state index in [9.17, 15) is 4.79 Å². The van der Waals surface area contributed by atoms with Crippen molar-refractivity contribution in [3.63, 3.8) is 0 Å². The summed E-state index contributed by atoms with van der Waals surface area (Å²) in [6.45, 7) is 7.24. The van der Waals surface area contributed by atoms with Gasteiger partial charge in [0.25, 0.3) is 5.56 Å². The second-order valence-corrected chi connectivity index (χ2v) is 5.27. The minimum absolute atomic E-state index is 0.0923. The number of aryl methyl sites for hydroxylation is 1. The van der Waals surface area contributed by atoms with Gasteiger partial charge in [0.2, 0.25) is 0 Å². The molecule has 1 aromatic heterocycles. The minimum Gasteiger partial charge on any atom is -0.395 e. The normalized spacial score (nSPS) is 11.7. The molecule has 0 radical (unpaired) electrons. The Kier molecular flexibility index (Phi) is 4.52. The molecule has 0 amide bonds. The maximum Gasteiger partial charge on any atom is 0.258 e. The highest BCUT2D eigenvalue weighted by Crippen LogP contribution is 2.13. The predicted molar refractivity (Wildman–Crippen MR) is 79.7 cm³/mol. The summed E-state index contributed by atoms with van der Waals surface area (Å²) in [7, 11) is 0. The van der Waals surface area contributed by atoms with Crippen molar-refractivity contribution in [2.45, 2.75) is 33.4 Å². The average Bonchev–Trinajstić information content (AvgIpc) is 2.39. The number of rotatable bonds is 5. The summed E-state index contributed by atoms with van der Waals surface area (Å²) in [6, 6.07) is 5.87. The molecule has 20 heavy (non-hydrogen) atoms. The third-order valence-corrected chi connectivity index (χ3v) is 3.46. The van der Waals surface area contributed by atoms with E-state index in [1.54, 1.807) is 6.07 Å². The van der Waals surface area contributed by atoms with E-state index in [2.05, 4.69) is 28.7 Å².